The number of hydrogen-bond acceptors (Lipinski definition) is 4. The molecule has 0 atom stereocenters. The highest BCUT2D eigenvalue weighted by Gasteiger charge is 2.22. The molecule has 2 aromatic carbocycles. The normalized spacial score (nSPS) is 13.5. The molecule has 0 saturated heterocycles. The van der Waals surface area contributed by atoms with E-state index < -0.39 is 0 Å². The number of nitrogens with one attached hydrogen (secondary N) is 1. The van der Waals surface area contributed by atoms with Gasteiger partial charge in [0.15, 0.2) is 11.0 Å². The summed E-state index contributed by atoms with van der Waals surface area (Å²) in [7, 11) is 0. The number of para-hydroxylation sites is 1. The van der Waals surface area contributed by atoms with Crippen molar-refractivity contribution in [3.63, 3.8) is 0 Å². The number of nitrogens with zero attached hydrogens (tertiary/aromatic N) is 3. The van der Waals surface area contributed by atoms with E-state index in [2.05, 4.69) is 15.5 Å². The number of amides is 1. The molecule has 1 aliphatic rings. The van der Waals surface area contributed by atoms with Crippen LogP contribution in [0.15, 0.2) is 53.7 Å². The summed E-state index contributed by atoms with van der Waals surface area (Å²) in [6, 6.07) is 15.0. The van der Waals surface area contributed by atoms with E-state index in [1.807, 2.05) is 41.0 Å². The van der Waals surface area contributed by atoms with Crippen LogP contribution in [-0.4, -0.2) is 33.0 Å². The molecular formula is C20H18Cl2N4OS. The quantitative estimate of drug-likeness (QED) is 0.541. The van der Waals surface area contributed by atoms with E-state index in [1.165, 1.54) is 24.6 Å². The number of aromatic nitrogens is 3. The summed E-state index contributed by atoms with van der Waals surface area (Å²) in [6.07, 6.45) is 2.42. The summed E-state index contributed by atoms with van der Waals surface area (Å²) in [5.74, 6) is 1.55. The molecule has 3 aromatic rings. The lowest BCUT2D eigenvalue weighted by Gasteiger charge is -2.11. The molecule has 1 N–H and O–H groups in total. The van der Waals surface area contributed by atoms with Crippen molar-refractivity contribution in [2.24, 2.45) is 5.92 Å². The first kappa shape index (κ1) is 19.3. The Kier molecular flexibility index (Phi) is 5.90. The van der Waals surface area contributed by atoms with Crippen molar-refractivity contribution >= 4 is 40.9 Å². The topological polar surface area (TPSA) is 59.8 Å². The zero-order chi connectivity index (χ0) is 19.5. The van der Waals surface area contributed by atoms with Crippen LogP contribution in [0, 0.1) is 5.92 Å². The predicted molar refractivity (Wildman–Crippen MR) is 113 cm³/mol. The van der Waals surface area contributed by atoms with Crippen LogP contribution in [0.1, 0.15) is 12.8 Å². The molecule has 5 nitrogen and oxygen atoms in total. The number of thioether (sulfide) groups is 1. The van der Waals surface area contributed by atoms with E-state index in [0.29, 0.717) is 26.9 Å². The Hall–Kier alpha value is -2.02. The van der Waals surface area contributed by atoms with Gasteiger partial charge in [0.05, 0.1) is 10.8 Å². The van der Waals surface area contributed by atoms with Gasteiger partial charge in [-0.2, -0.15) is 0 Å². The lowest BCUT2D eigenvalue weighted by Crippen LogP contribution is -2.27. The molecule has 0 unspecified atom stereocenters. The summed E-state index contributed by atoms with van der Waals surface area (Å²) in [6.45, 7) is 0.760. The Morgan fingerprint density at radius 2 is 1.93 bits per heavy atom. The van der Waals surface area contributed by atoms with Crippen molar-refractivity contribution in [2.75, 3.05) is 12.3 Å². The molecule has 0 bridgehead atoms. The molecule has 0 aliphatic heterocycles. The molecular weight excluding hydrogens is 415 g/mol. The van der Waals surface area contributed by atoms with Gasteiger partial charge in [-0.25, -0.2) is 0 Å². The second kappa shape index (κ2) is 8.55. The number of benzene rings is 2. The summed E-state index contributed by atoms with van der Waals surface area (Å²) in [5.41, 5.74) is 1.63. The number of carbonyl (C=O) groups is 1. The standard InChI is InChI=1S/C20H18Cl2N4OS/c21-14-8-9-16(17(22)10-14)19-24-25-20(26(19)15-4-2-1-3-5-15)28-12-18(27)23-11-13-6-7-13/h1-5,8-10,13H,6-7,11-12H2,(H,23,27). The van der Waals surface area contributed by atoms with Crippen LogP contribution in [0.4, 0.5) is 0 Å². The number of halogens is 2. The third-order valence-electron chi connectivity index (χ3n) is 4.44. The molecule has 0 radical (unpaired) electrons. The highest BCUT2D eigenvalue weighted by atomic mass is 35.5. The fourth-order valence-corrected chi connectivity index (χ4v) is 4.05. The predicted octanol–water partition coefficient (Wildman–Crippen LogP) is 4.86. The van der Waals surface area contributed by atoms with E-state index in [0.717, 1.165) is 17.8 Å². The van der Waals surface area contributed by atoms with E-state index >= 15 is 0 Å². The van der Waals surface area contributed by atoms with E-state index in [-0.39, 0.29) is 11.7 Å². The molecule has 1 amide bonds. The zero-order valence-electron chi connectivity index (χ0n) is 14.9. The van der Waals surface area contributed by atoms with Crippen molar-refractivity contribution in [1.29, 1.82) is 0 Å². The van der Waals surface area contributed by atoms with Crippen molar-refractivity contribution < 1.29 is 4.79 Å². The lowest BCUT2D eigenvalue weighted by molar-refractivity contribution is -0.118. The molecule has 4 rings (SSSR count). The highest BCUT2D eigenvalue weighted by molar-refractivity contribution is 7.99. The van der Waals surface area contributed by atoms with Crippen LogP contribution < -0.4 is 5.32 Å². The van der Waals surface area contributed by atoms with Crippen molar-refractivity contribution in [3.8, 4) is 17.1 Å². The van der Waals surface area contributed by atoms with Crippen LogP contribution in [-0.2, 0) is 4.79 Å². The highest BCUT2D eigenvalue weighted by Crippen LogP contribution is 2.33. The van der Waals surface area contributed by atoms with Gasteiger partial charge in [0.25, 0.3) is 0 Å². The first-order valence-corrected chi connectivity index (χ1v) is 10.7. The minimum atomic E-state index is 0.00517. The van der Waals surface area contributed by atoms with Gasteiger partial charge in [-0.15, -0.1) is 10.2 Å². The van der Waals surface area contributed by atoms with E-state index in [9.17, 15) is 4.79 Å². The molecule has 144 valence electrons. The fourth-order valence-electron chi connectivity index (χ4n) is 2.78. The van der Waals surface area contributed by atoms with E-state index in [1.54, 1.807) is 12.1 Å². The second-order valence-electron chi connectivity index (χ2n) is 6.64. The summed E-state index contributed by atoms with van der Waals surface area (Å²) in [5, 5.41) is 13.3. The van der Waals surface area contributed by atoms with Crippen LogP contribution >= 0.6 is 35.0 Å². The molecule has 1 saturated carbocycles. The first-order chi connectivity index (χ1) is 13.6. The maximum atomic E-state index is 12.1. The number of rotatable bonds is 7. The zero-order valence-corrected chi connectivity index (χ0v) is 17.3. The Balaban J connectivity index is 1.63. The summed E-state index contributed by atoms with van der Waals surface area (Å²) < 4.78 is 1.91. The second-order valence-corrected chi connectivity index (χ2v) is 8.42. The Bertz CT molecular complexity index is 989. The van der Waals surface area contributed by atoms with Gasteiger partial charge in [0, 0.05) is 22.8 Å². The number of hydrogen-bond donors (Lipinski definition) is 1. The molecule has 1 aromatic heterocycles. The summed E-state index contributed by atoms with van der Waals surface area (Å²) >= 11 is 13.8. The number of carbonyl (C=O) groups excluding carboxylic acids is 1. The largest absolute Gasteiger partial charge is 0.355 e. The van der Waals surface area contributed by atoms with Crippen LogP contribution in [0.5, 0.6) is 0 Å². The fraction of sp³-hybridized carbons (Fsp3) is 0.250. The minimum absolute atomic E-state index is 0.00517. The van der Waals surface area contributed by atoms with Gasteiger partial charge in [0.1, 0.15) is 0 Å². The maximum absolute atomic E-state index is 12.1. The molecule has 8 heteroatoms. The van der Waals surface area contributed by atoms with Crippen LogP contribution in [0.3, 0.4) is 0 Å². The average Bonchev–Trinajstić information content (AvgIpc) is 3.43. The van der Waals surface area contributed by atoms with Crippen molar-refractivity contribution in [1.82, 2.24) is 20.1 Å². The smallest absolute Gasteiger partial charge is 0.230 e. The molecule has 0 spiro atoms. The SMILES string of the molecule is O=C(CSc1nnc(-c2ccc(Cl)cc2Cl)n1-c1ccccc1)NCC1CC1. The van der Waals surface area contributed by atoms with Crippen molar-refractivity contribution in [3.05, 3.63) is 58.6 Å². The van der Waals surface area contributed by atoms with Crippen LogP contribution in [0.25, 0.3) is 17.1 Å². The average molecular weight is 433 g/mol. The third-order valence-corrected chi connectivity index (χ3v) is 5.91. The monoisotopic (exact) mass is 432 g/mol. The Morgan fingerprint density at radius 3 is 2.64 bits per heavy atom. The molecule has 1 heterocycles. The van der Waals surface area contributed by atoms with E-state index in [4.69, 9.17) is 23.2 Å². The Morgan fingerprint density at radius 1 is 1.14 bits per heavy atom. The van der Waals surface area contributed by atoms with Gasteiger partial charge in [-0.05, 0) is 49.1 Å². The summed E-state index contributed by atoms with van der Waals surface area (Å²) in [4.78, 5) is 12.1. The minimum Gasteiger partial charge on any atom is -0.355 e. The molecule has 28 heavy (non-hydrogen) atoms. The van der Waals surface area contributed by atoms with Gasteiger partial charge in [-0.1, -0.05) is 53.2 Å². The first-order valence-electron chi connectivity index (χ1n) is 8.97. The van der Waals surface area contributed by atoms with Gasteiger partial charge >= 0.3 is 0 Å². The van der Waals surface area contributed by atoms with Crippen molar-refractivity contribution in [2.45, 2.75) is 18.0 Å². The van der Waals surface area contributed by atoms with Gasteiger partial charge in [0.2, 0.25) is 5.91 Å². The Labute approximate surface area is 177 Å². The molecule has 1 fully saturated rings. The van der Waals surface area contributed by atoms with Gasteiger partial charge < -0.3 is 5.32 Å². The lowest BCUT2D eigenvalue weighted by atomic mass is 10.2. The maximum Gasteiger partial charge on any atom is 0.230 e. The third kappa shape index (κ3) is 4.51. The van der Waals surface area contributed by atoms with Crippen LogP contribution in [0.2, 0.25) is 10.0 Å². The molecule has 1 aliphatic carbocycles. The van der Waals surface area contributed by atoms with Gasteiger partial charge in [-0.3, -0.25) is 9.36 Å².